The van der Waals surface area contributed by atoms with Gasteiger partial charge in [0.05, 0.1) is 11.4 Å². The van der Waals surface area contributed by atoms with Crippen LogP contribution in [-0.4, -0.2) is 5.11 Å². The summed E-state index contributed by atoms with van der Waals surface area (Å²) in [4.78, 5) is 0. The first-order valence-corrected chi connectivity index (χ1v) is 7.70. The maximum atomic E-state index is 10.4. The quantitative estimate of drug-likeness (QED) is 0.494. The fourth-order valence-electron chi connectivity index (χ4n) is 2.63. The first-order valence-electron chi connectivity index (χ1n) is 7.70. The molecule has 0 aromatic heterocycles. The number of hydrogen-bond donors (Lipinski definition) is 2. The molecule has 0 amide bonds. The van der Waals surface area contributed by atoms with Crippen LogP contribution in [0.2, 0.25) is 0 Å². The molecule has 0 fully saturated rings. The minimum atomic E-state index is 0.334. The van der Waals surface area contributed by atoms with Gasteiger partial charge in [-0.2, -0.15) is 0 Å². The minimum Gasteiger partial charge on any atom is -0.507 e. The predicted molar refractivity (Wildman–Crippen MR) is 94.6 cm³/mol. The molecule has 0 atom stereocenters. The van der Waals surface area contributed by atoms with E-state index in [0.717, 1.165) is 34.9 Å². The zero-order valence-corrected chi connectivity index (χ0v) is 13.0. The highest BCUT2D eigenvalue weighted by Gasteiger charge is 2.10. The number of nitrogens with zero attached hydrogens (tertiary/aromatic N) is 2. The molecule has 0 bridgehead atoms. The van der Waals surface area contributed by atoms with Crippen LogP contribution in [0.25, 0.3) is 10.8 Å². The van der Waals surface area contributed by atoms with Gasteiger partial charge in [0.1, 0.15) is 11.4 Å². The molecule has 0 saturated heterocycles. The summed E-state index contributed by atoms with van der Waals surface area (Å²) in [5, 5.41) is 20.8. The molecule has 4 heteroatoms. The number of phenolic OH excluding ortho intramolecular Hbond substituents is 1. The van der Waals surface area contributed by atoms with Gasteiger partial charge in [-0.25, -0.2) is 0 Å². The van der Waals surface area contributed by atoms with Gasteiger partial charge in [-0.15, -0.1) is 10.2 Å². The number of phenols is 1. The molecule has 3 N–H and O–H groups in total. The number of fused-ring (bicyclic) bond motifs is 1. The van der Waals surface area contributed by atoms with Crippen molar-refractivity contribution in [3.63, 3.8) is 0 Å². The lowest BCUT2D eigenvalue weighted by atomic mass is 10.0. The van der Waals surface area contributed by atoms with Crippen molar-refractivity contribution in [3.8, 4) is 5.75 Å². The topological polar surface area (TPSA) is 71.0 Å². The van der Waals surface area contributed by atoms with E-state index in [0.29, 0.717) is 17.1 Å². The molecule has 0 aliphatic heterocycles. The van der Waals surface area contributed by atoms with E-state index >= 15 is 0 Å². The molecule has 0 unspecified atom stereocenters. The molecule has 0 aliphatic carbocycles. The lowest BCUT2D eigenvalue weighted by Gasteiger charge is -2.09. The first kappa shape index (κ1) is 15.0. The summed E-state index contributed by atoms with van der Waals surface area (Å²) in [6, 6.07) is 17.0. The molecule has 3 aromatic carbocycles. The highest BCUT2D eigenvalue weighted by Crippen LogP contribution is 2.37. The smallest absolute Gasteiger partial charge is 0.126 e. The van der Waals surface area contributed by atoms with Crippen molar-refractivity contribution in [3.05, 3.63) is 60.2 Å². The van der Waals surface area contributed by atoms with Crippen LogP contribution in [0.1, 0.15) is 18.9 Å². The predicted octanol–water partition coefficient (Wildman–Crippen LogP) is 5.50. The molecule has 3 aromatic rings. The van der Waals surface area contributed by atoms with Crippen LogP contribution >= 0.6 is 0 Å². The van der Waals surface area contributed by atoms with E-state index in [1.807, 2.05) is 48.5 Å². The third-order valence-corrected chi connectivity index (χ3v) is 3.79. The molecule has 0 spiro atoms. The maximum absolute atomic E-state index is 10.4. The van der Waals surface area contributed by atoms with E-state index in [-0.39, 0.29) is 0 Å². The summed E-state index contributed by atoms with van der Waals surface area (Å²) in [5.41, 5.74) is 8.77. The number of anilines is 1. The fraction of sp³-hybridized carbons (Fsp3) is 0.158. The van der Waals surface area contributed by atoms with E-state index in [9.17, 15) is 5.11 Å². The van der Waals surface area contributed by atoms with Gasteiger partial charge in [0, 0.05) is 10.8 Å². The van der Waals surface area contributed by atoms with E-state index in [1.54, 1.807) is 6.07 Å². The number of para-hydroxylation sites is 1. The molecule has 0 heterocycles. The Morgan fingerprint density at radius 2 is 1.57 bits per heavy atom. The first-order chi connectivity index (χ1) is 11.2. The third kappa shape index (κ3) is 3.01. The Kier molecular flexibility index (Phi) is 4.24. The molecule has 0 saturated carbocycles. The number of aromatic hydroxyl groups is 1. The number of nitrogen functional groups attached to an aromatic ring is 1. The Morgan fingerprint density at radius 1 is 0.913 bits per heavy atom. The van der Waals surface area contributed by atoms with Crippen LogP contribution in [0.15, 0.2) is 64.8 Å². The number of aryl methyl sites for hydroxylation is 1. The molecule has 3 rings (SSSR count). The minimum absolute atomic E-state index is 0.334. The van der Waals surface area contributed by atoms with E-state index in [1.165, 1.54) is 0 Å². The van der Waals surface area contributed by atoms with E-state index in [2.05, 4.69) is 17.2 Å². The second-order valence-electron chi connectivity index (χ2n) is 5.46. The normalized spacial score (nSPS) is 11.3. The molecule has 0 aliphatic rings. The summed E-state index contributed by atoms with van der Waals surface area (Å²) >= 11 is 0. The monoisotopic (exact) mass is 305 g/mol. The van der Waals surface area contributed by atoms with Crippen molar-refractivity contribution < 1.29 is 5.11 Å². The average Bonchev–Trinajstić information content (AvgIpc) is 2.58. The summed E-state index contributed by atoms with van der Waals surface area (Å²) < 4.78 is 0. The van der Waals surface area contributed by atoms with Crippen molar-refractivity contribution in [1.82, 2.24) is 0 Å². The molecule has 116 valence electrons. The standard InChI is InChI=1S/C19H19N3O/c1-2-7-13-12-18(14-8-3-4-9-15(14)19(13)23)22-21-17-11-6-5-10-16(17)20/h3-6,8-12,23H,2,7,20H2,1H3/b22-21+. The van der Waals surface area contributed by atoms with Crippen LogP contribution in [-0.2, 0) is 6.42 Å². The van der Waals surface area contributed by atoms with Crippen molar-refractivity contribution in [2.75, 3.05) is 5.73 Å². The van der Waals surface area contributed by atoms with Crippen LogP contribution in [0, 0.1) is 0 Å². The summed E-state index contributed by atoms with van der Waals surface area (Å²) in [5.74, 6) is 0.334. The van der Waals surface area contributed by atoms with Gasteiger partial charge < -0.3 is 10.8 Å². The molecule has 0 radical (unpaired) electrons. The van der Waals surface area contributed by atoms with Crippen LogP contribution in [0.3, 0.4) is 0 Å². The zero-order chi connectivity index (χ0) is 16.2. The number of azo groups is 1. The van der Waals surface area contributed by atoms with Gasteiger partial charge in [0.25, 0.3) is 0 Å². The Hall–Kier alpha value is -2.88. The number of nitrogens with two attached hydrogens (primary N) is 1. The second-order valence-corrected chi connectivity index (χ2v) is 5.46. The summed E-state index contributed by atoms with van der Waals surface area (Å²) in [7, 11) is 0. The lowest BCUT2D eigenvalue weighted by Crippen LogP contribution is -1.87. The Bertz CT molecular complexity index is 872. The molecular formula is C19H19N3O. The van der Waals surface area contributed by atoms with Crippen molar-refractivity contribution in [2.45, 2.75) is 19.8 Å². The van der Waals surface area contributed by atoms with Crippen LogP contribution in [0.4, 0.5) is 17.1 Å². The molecule has 4 nitrogen and oxygen atoms in total. The summed E-state index contributed by atoms with van der Waals surface area (Å²) in [6.45, 7) is 2.08. The Balaban J connectivity index is 2.13. The largest absolute Gasteiger partial charge is 0.507 e. The fourth-order valence-corrected chi connectivity index (χ4v) is 2.63. The maximum Gasteiger partial charge on any atom is 0.126 e. The summed E-state index contributed by atoms with van der Waals surface area (Å²) in [6.07, 6.45) is 1.75. The highest BCUT2D eigenvalue weighted by atomic mass is 16.3. The second kappa shape index (κ2) is 6.48. The lowest BCUT2D eigenvalue weighted by molar-refractivity contribution is 0.474. The van der Waals surface area contributed by atoms with E-state index < -0.39 is 0 Å². The van der Waals surface area contributed by atoms with Gasteiger partial charge in [-0.3, -0.25) is 0 Å². The van der Waals surface area contributed by atoms with Gasteiger partial charge in [-0.1, -0.05) is 49.7 Å². The Morgan fingerprint density at radius 3 is 2.30 bits per heavy atom. The van der Waals surface area contributed by atoms with Crippen LogP contribution < -0.4 is 5.73 Å². The van der Waals surface area contributed by atoms with Crippen molar-refractivity contribution in [2.24, 2.45) is 10.2 Å². The van der Waals surface area contributed by atoms with Gasteiger partial charge >= 0.3 is 0 Å². The SMILES string of the molecule is CCCc1cc(/N=N/c2ccccc2N)c2ccccc2c1O. The van der Waals surface area contributed by atoms with Crippen molar-refractivity contribution in [1.29, 1.82) is 0 Å². The Labute approximate surface area is 135 Å². The van der Waals surface area contributed by atoms with Gasteiger partial charge in [-0.05, 0) is 30.2 Å². The number of rotatable bonds is 4. The van der Waals surface area contributed by atoms with Gasteiger partial charge in [0.2, 0.25) is 0 Å². The molecule has 23 heavy (non-hydrogen) atoms. The molecular weight excluding hydrogens is 286 g/mol. The number of benzene rings is 3. The van der Waals surface area contributed by atoms with Crippen molar-refractivity contribution >= 4 is 27.8 Å². The van der Waals surface area contributed by atoms with Crippen LogP contribution in [0.5, 0.6) is 5.75 Å². The number of hydrogen-bond acceptors (Lipinski definition) is 4. The zero-order valence-electron chi connectivity index (χ0n) is 13.0. The van der Waals surface area contributed by atoms with E-state index in [4.69, 9.17) is 5.73 Å². The highest BCUT2D eigenvalue weighted by molar-refractivity contribution is 5.97. The average molecular weight is 305 g/mol. The van der Waals surface area contributed by atoms with Gasteiger partial charge in [0.15, 0.2) is 0 Å². The third-order valence-electron chi connectivity index (χ3n) is 3.79.